The predicted octanol–water partition coefficient (Wildman–Crippen LogP) is 4.51. The number of nitrogens with zero attached hydrogens (tertiary/aromatic N) is 2. The Labute approximate surface area is 234 Å². The Balaban J connectivity index is 1.67. The predicted molar refractivity (Wildman–Crippen MR) is 151 cm³/mol. The molecule has 8 nitrogen and oxygen atoms in total. The van der Waals surface area contributed by atoms with Crippen LogP contribution < -0.4 is 14.4 Å². The Bertz CT molecular complexity index is 1410. The second kappa shape index (κ2) is 13.0. The third-order valence-corrected chi connectivity index (χ3v) is 8.87. The Hall–Kier alpha value is -3.92. The van der Waals surface area contributed by atoms with Crippen LogP contribution in [0.4, 0.5) is 10.1 Å². The minimum absolute atomic E-state index is 0.0587. The Morgan fingerprint density at radius 2 is 1.68 bits per heavy atom. The van der Waals surface area contributed by atoms with Crippen molar-refractivity contribution in [2.45, 2.75) is 56.1 Å². The molecule has 0 radical (unpaired) electrons. The molecule has 0 aliphatic heterocycles. The van der Waals surface area contributed by atoms with Crippen molar-refractivity contribution in [1.82, 2.24) is 10.2 Å². The van der Waals surface area contributed by atoms with E-state index in [9.17, 15) is 22.4 Å². The molecule has 3 aromatic carbocycles. The molecule has 0 bridgehead atoms. The van der Waals surface area contributed by atoms with Crippen molar-refractivity contribution >= 4 is 27.5 Å². The lowest BCUT2D eigenvalue weighted by Crippen LogP contribution is -2.52. The van der Waals surface area contributed by atoms with E-state index in [4.69, 9.17) is 4.74 Å². The molecule has 0 spiro atoms. The summed E-state index contributed by atoms with van der Waals surface area (Å²) in [7, 11) is -2.71. The van der Waals surface area contributed by atoms with Crippen LogP contribution in [0.3, 0.4) is 0 Å². The first-order valence-corrected chi connectivity index (χ1v) is 14.7. The van der Waals surface area contributed by atoms with E-state index in [1.165, 1.54) is 12.0 Å². The molecule has 1 atom stereocenters. The van der Waals surface area contributed by atoms with Gasteiger partial charge in [-0.1, -0.05) is 43.2 Å². The molecule has 1 aliphatic carbocycles. The molecule has 0 aromatic heterocycles. The number of amides is 2. The van der Waals surface area contributed by atoms with Gasteiger partial charge in [0.05, 0.1) is 17.7 Å². The van der Waals surface area contributed by atoms with Crippen LogP contribution in [-0.4, -0.2) is 50.9 Å². The second-order valence-electron chi connectivity index (χ2n) is 9.84. The molecule has 40 heavy (non-hydrogen) atoms. The average molecular weight is 568 g/mol. The van der Waals surface area contributed by atoms with Crippen LogP contribution in [0.2, 0.25) is 0 Å². The monoisotopic (exact) mass is 567 g/mol. The summed E-state index contributed by atoms with van der Waals surface area (Å²) in [6, 6.07) is 19.0. The van der Waals surface area contributed by atoms with E-state index in [2.05, 4.69) is 5.32 Å². The molecule has 0 heterocycles. The Kier molecular flexibility index (Phi) is 9.42. The minimum Gasteiger partial charge on any atom is -0.497 e. The fourth-order valence-electron chi connectivity index (χ4n) is 4.80. The van der Waals surface area contributed by atoms with Crippen molar-refractivity contribution in [3.63, 3.8) is 0 Å². The summed E-state index contributed by atoms with van der Waals surface area (Å²) in [6.45, 7) is 1.15. The van der Waals surface area contributed by atoms with Gasteiger partial charge in [-0.2, -0.15) is 0 Å². The summed E-state index contributed by atoms with van der Waals surface area (Å²) in [5.74, 6) is -0.840. The Morgan fingerprint density at radius 1 is 1.00 bits per heavy atom. The molecule has 1 N–H and O–H groups in total. The van der Waals surface area contributed by atoms with E-state index in [-0.39, 0.29) is 29.1 Å². The number of anilines is 1. The third kappa shape index (κ3) is 6.98. The number of sulfonamides is 1. The first-order chi connectivity index (χ1) is 19.2. The largest absolute Gasteiger partial charge is 0.497 e. The first-order valence-electron chi connectivity index (χ1n) is 13.2. The van der Waals surface area contributed by atoms with E-state index in [0.717, 1.165) is 59.8 Å². The van der Waals surface area contributed by atoms with E-state index in [0.29, 0.717) is 5.75 Å². The first kappa shape index (κ1) is 29.1. The highest BCUT2D eigenvalue weighted by molar-refractivity contribution is 7.92. The normalized spacial score (nSPS) is 14.4. The van der Waals surface area contributed by atoms with Gasteiger partial charge in [-0.05, 0) is 73.9 Å². The van der Waals surface area contributed by atoms with Gasteiger partial charge in [-0.3, -0.25) is 13.9 Å². The summed E-state index contributed by atoms with van der Waals surface area (Å²) in [5.41, 5.74) is 0.991. The number of para-hydroxylation sites is 1. The molecular formula is C30H34FN3O5S. The van der Waals surface area contributed by atoms with Gasteiger partial charge >= 0.3 is 0 Å². The molecule has 1 unspecified atom stereocenters. The molecule has 10 heteroatoms. The highest BCUT2D eigenvalue weighted by atomic mass is 32.2. The lowest BCUT2D eigenvalue weighted by molar-refractivity contribution is -0.139. The van der Waals surface area contributed by atoms with E-state index >= 15 is 0 Å². The van der Waals surface area contributed by atoms with Gasteiger partial charge in [0.2, 0.25) is 11.8 Å². The standard InChI is InChI=1S/C30H34FN3O5S/c1-22(30(36)32-25-10-6-7-11-25)33(20-23-9-8-14-27(19-23)39-2)29(35)21-34(26-12-4-3-5-13-26)40(37,38)28-17-15-24(31)16-18-28/h3-5,8-9,12-19,22,25H,6-7,10-11,20-21H2,1-2H3,(H,32,36). The number of benzene rings is 3. The van der Waals surface area contributed by atoms with Gasteiger partial charge < -0.3 is 15.0 Å². The van der Waals surface area contributed by atoms with Crippen LogP contribution in [0.1, 0.15) is 38.2 Å². The number of methoxy groups -OCH3 is 1. The van der Waals surface area contributed by atoms with Crippen LogP contribution in [0.25, 0.3) is 0 Å². The van der Waals surface area contributed by atoms with Gasteiger partial charge in [0, 0.05) is 12.6 Å². The number of hydrogen-bond acceptors (Lipinski definition) is 5. The maximum absolute atomic E-state index is 13.9. The van der Waals surface area contributed by atoms with Crippen LogP contribution in [0.5, 0.6) is 5.75 Å². The van der Waals surface area contributed by atoms with E-state index < -0.39 is 34.3 Å². The van der Waals surface area contributed by atoms with Crippen molar-refractivity contribution < 1.29 is 27.1 Å². The number of carbonyl (C=O) groups is 2. The highest BCUT2D eigenvalue weighted by Gasteiger charge is 2.33. The molecule has 1 saturated carbocycles. The van der Waals surface area contributed by atoms with E-state index in [1.54, 1.807) is 55.5 Å². The maximum Gasteiger partial charge on any atom is 0.264 e. The third-order valence-electron chi connectivity index (χ3n) is 7.08. The average Bonchev–Trinajstić information content (AvgIpc) is 3.48. The molecule has 1 fully saturated rings. The number of rotatable bonds is 11. The fourth-order valence-corrected chi connectivity index (χ4v) is 6.21. The molecule has 1 aliphatic rings. The molecular weight excluding hydrogens is 533 g/mol. The zero-order valence-corrected chi connectivity index (χ0v) is 23.4. The smallest absolute Gasteiger partial charge is 0.264 e. The van der Waals surface area contributed by atoms with Crippen LogP contribution in [-0.2, 0) is 26.2 Å². The minimum atomic E-state index is -4.25. The number of halogens is 1. The van der Waals surface area contributed by atoms with Gasteiger partial charge in [-0.25, -0.2) is 12.8 Å². The number of nitrogens with one attached hydrogen (secondary N) is 1. The SMILES string of the molecule is COc1cccc(CN(C(=O)CN(c2ccccc2)S(=O)(=O)c2ccc(F)cc2)C(C)C(=O)NC2CCCC2)c1. The summed E-state index contributed by atoms with van der Waals surface area (Å²) in [5, 5.41) is 3.04. The Morgan fingerprint density at radius 3 is 2.33 bits per heavy atom. The molecule has 2 amide bonds. The van der Waals surface area contributed by atoms with Crippen molar-refractivity contribution in [1.29, 1.82) is 0 Å². The van der Waals surface area contributed by atoms with Crippen LogP contribution >= 0.6 is 0 Å². The van der Waals surface area contributed by atoms with Gasteiger partial charge in [0.15, 0.2) is 0 Å². The number of carbonyl (C=O) groups excluding carboxylic acids is 2. The van der Waals surface area contributed by atoms with Crippen molar-refractivity contribution in [2.75, 3.05) is 18.0 Å². The van der Waals surface area contributed by atoms with E-state index in [1.807, 2.05) is 6.07 Å². The molecule has 0 saturated heterocycles. The highest BCUT2D eigenvalue weighted by Crippen LogP contribution is 2.25. The lowest BCUT2D eigenvalue weighted by Gasteiger charge is -2.32. The zero-order valence-electron chi connectivity index (χ0n) is 22.6. The van der Waals surface area contributed by atoms with Gasteiger partial charge in [0.1, 0.15) is 24.2 Å². The van der Waals surface area contributed by atoms with Crippen molar-refractivity contribution in [3.8, 4) is 5.75 Å². The summed E-state index contributed by atoms with van der Waals surface area (Å²) < 4.78 is 47.3. The number of hydrogen-bond donors (Lipinski definition) is 1. The number of ether oxygens (including phenoxy) is 1. The molecule has 3 aromatic rings. The van der Waals surface area contributed by atoms with Gasteiger partial charge in [-0.15, -0.1) is 0 Å². The lowest BCUT2D eigenvalue weighted by atomic mass is 10.1. The molecule has 212 valence electrons. The second-order valence-corrected chi connectivity index (χ2v) is 11.7. The van der Waals surface area contributed by atoms with Gasteiger partial charge in [0.25, 0.3) is 10.0 Å². The van der Waals surface area contributed by atoms with Crippen LogP contribution in [0, 0.1) is 5.82 Å². The summed E-state index contributed by atoms with van der Waals surface area (Å²) in [6.07, 6.45) is 3.86. The van der Waals surface area contributed by atoms with Crippen molar-refractivity contribution in [3.05, 3.63) is 90.2 Å². The van der Waals surface area contributed by atoms with Crippen molar-refractivity contribution in [2.24, 2.45) is 0 Å². The summed E-state index contributed by atoms with van der Waals surface area (Å²) >= 11 is 0. The van der Waals surface area contributed by atoms with Crippen LogP contribution in [0.15, 0.2) is 83.8 Å². The summed E-state index contributed by atoms with van der Waals surface area (Å²) in [4.78, 5) is 28.4. The zero-order chi connectivity index (χ0) is 28.7. The quantitative estimate of drug-likeness (QED) is 0.368. The molecule has 4 rings (SSSR count). The fraction of sp³-hybridized carbons (Fsp3) is 0.333. The maximum atomic E-state index is 13.9. The topological polar surface area (TPSA) is 96.0 Å².